The molecule has 124 valence electrons. The lowest BCUT2D eigenvalue weighted by Gasteiger charge is -2.28. The average molecular weight is 427 g/mol. The number of hydrogen-bond acceptors (Lipinski definition) is 3. The molecule has 0 spiro atoms. The van der Waals surface area contributed by atoms with Gasteiger partial charge in [-0.15, -0.1) is 24.0 Å². The molecule has 1 heterocycles. The van der Waals surface area contributed by atoms with Crippen LogP contribution in [-0.4, -0.2) is 25.6 Å². The number of rotatable bonds is 3. The summed E-state index contributed by atoms with van der Waals surface area (Å²) in [6.07, 6.45) is -3.27. The Hall–Kier alpha value is -0.990. The Labute approximate surface area is 145 Å². The van der Waals surface area contributed by atoms with Crippen LogP contribution in [0.2, 0.25) is 0 Å². The van der Waals surface area contributed by atoms with Gasteiger partial charge >= 0.3 is 6.18 Å². The molecule has 0 aromatic heterocycles. The van der Waals surface area contributed by atoms with Crippen LogP contribution >= 0.6 is 24.0 Å². The van der Waals surface area contributed by atoms with Crippen LogP contribution in [0.4, 0.5) is 13.2 Å². The maximum absolute atomic E-state index is 12.6. The first-order chi connectivity index (χ1) is 9.79. The fourth-order valence-corrected chi connectivity index (χ4v) is 2.17. The number of nitrogens with zero attached hydrogens (tertiary/aromatic N) is 1. The molecule has 2 rings (SSSR count). The summed E-state index contributed by atoms with van der Waals surface area (Å²) in [5.41, 5.74) is -0.0427. The van der Waals surface area contributed by atoms with E-state index in [4.69, 9.17) is 0 Å². The monoisotopic (exact) mass is 427 g/mol. The largest absolute Gasteiger partial charge is 0.416 e. The normalized spacial score (nSPS) is 15.4. The molecule has 0 aliphatic carbocycles. The first kappa shape index (κ1) is 19.1. The van der Waals surface area contributed by atoms with Crippen molar-refractivity contribution in [3.63, 3.8) is 0 Å². The second-order valence-electron chi connectivity index (χ2n) is 5.82. The van der Waals surface area contributed by atoms with Crippen LogP contribution in [0.3, 0.4) is 0 Å². The van der Waals surface area contributed by atoms with Crippen molar-refractivity contribution < 1.29 is 13.2 Å². The van der Waals surface area contributed by atoms with Gasteiger partial charge in [0.2, 0.25) is 0 Å². The fraction of sp³-hybridized carbons (Fsp3) is 0.533. The van der Waals surface area contributed by atoms with Crippen molar-refractivity contribution in [3.8, 4) is 0 Å². The van der Waals surface area contributed by atoms with Crippen molar-refractivity contribution >= 4 is 29.9 Å². The molecular formula is C15H21F3IN3. The number of aliphatic imine (C=N–C) groups is 1. The highest BCUT2D eigenvalue weighted by molar-refractivity contribution is 14.0. The summed E-state index contributed by atoms with van der Waals surface area (Å²) in [5, 5.41) is 6.38. The number of guanidine groups is 1. The van der Waals surface area contributed by atoms with E-state index in [1.165, 1.54) is 0 Å². The predicted molar refractivity (Wildman–Crippen MR) is 92.8 cm³/mol. The van der Waals surface area contributed by atoms with E-state index in [-0.39, 0.29) is 29.4 Å². The van der Waals surface area contributed by atoms with Crippen molar-refractivity contribution in [1.82, 2.24) is 10.6 Å². The van der Waals surface area contributed by atoms with Crippen LogP contribution in [0.1, 0.15) is 31.4 Å². The van der Waals surface area contributed by atoms with Crippen LogP contribution in [-0.2, 0) is 11.6 Å². The van der Waals surface area contributed by atoms with Crippen LogP contribution in [0.5, 0.6) is 0 Å². The first-order valence-electron chi connectivity index (χ1n) is 6.99. The number of alkyl halides is 3. The summed E-state index contributed by atoms with van der Waals surface area (Å²) < 4.78 is 37.7. The summed E-state index contributed by atoms with van der Waals surface area (Å²) >= 11 is 0. The molecule has 0 radical (unpaired) electrons. The molecule has 1 aliphatic rings. The Bertz CT molecular complexity index is 510. The molecule has 1 aromatic carbocycles. The maximum Gasteiger partial charge on any atom is 0.416 e. The average Bonchev–Trinajstić information content (AvgIpc) is 2.46. The van der Waals surface area contributed by atoms with Gasteiger partial charge in [0.25, 0.3) is 0 Å². The first-order valence-corrected chi connectivity index (χ1v) is 6.99. The Kier molecular flexibility index (Phi) is 6.51. The van der Waals surface area contributed by atoms with Gasteiger partial charge < -0.3 is 10.6 Å². The Morgan fingerprint density at radius 2 is 1.73 bits per heavy atom. The quantitative estimate of drug-likeness (QED) is 0.725. The van der Waals surface area contributed by atoms with E-state index in [0.29, 0.717) is 6.54 Å². The molecule has 0 bridgehead atoms. The SMILES string of the molecule is CC(C)(CNC1=NCCCN1)c1ccc(C(F)(F)F)cc1.I. The molecule has 7 heteroatoms. The topological polar surface area (TPSA) is 36.4 Å². The van der Waals surface area contributed by atoms with Crippen LogP contribution in [0, 0.1) is 0 Å². The molecule has 1 aliphatic heterocycles. The highest BCUT2D eigenvalue weighted by Crippen LogP contribution is 2.31. The molecule has 0 unspecified atom stereocenters. The minimum absolute atomic E-state index is 0. The number of hydrogen-bond donors (Lipinski definition) is 2. The van der Waals surface area contributed by atoms with Gasteiger partial charge in [-0.1, -0.05) is 26.0 Å². The van der Waals surface area contributed by atoms with E-state index < -0.39 is 11.7 Å². The van der Waals surface area contributed by atoms with Crippen molar-refractivity contribution in [1.29, 1.82) is 0 Å². The van der Waals surface area contributed by atoms with Crippen molar-refractivity contribution in [2.45, 2.75) is 31.9 Å². The van der Waals surface area contributed by atoms with Gasteiger partial charge in [-0.25, -0.2) is 0 Å². The van der Waals surface area contributed by atoms with Crippen LogP contribution < -0.4 is 10.6 Å². The summed E-state index contributed by atoms with van der Waals surface area (Å²) in [6, 6.07) is 5.35. The van der Waals surface area contributed by atoms with Crippen molar-refractivity contribution in [3.05, 3.63) is 35.4 Å². The highest BCUT2D eigenvalue weighted by Gasteiger charge is 2.31. The molecule has 2 N–H and O–H groups in total. The second-order valence-corrected chi connectivity index (χ2v) is 5.82. The summed E-state index contributed by atoms with van der Waals surface area (Å²) in [4.78, 5) is 4.32. The van der Waals surface area contributed by atoms with Gasteiger partial charge in [0, 0.05) is 25.0 Å². The third-order valence-corrected chi connectivity index (χ3v) is 3.59. The molecule has 3 nitrogen and oxygen atoms in total. The lowest BCUT2D eigenvalue weighted by atomic mass is 9.84. The minimum atomic E-state index is -4.29. The third-order valence-electron chi connectivity index (χ3n) is 3.59. The van der Waals surface area contributed by atoms with Gasteiger partial charge in [-0.05, 0) is 24.1 Å². The zero-order valence-corrected chi connectivity index (χ0v) is 15.0. The van der Waals surface area contributed by atoms with E-state index in [1.54, 1.807) is 12.1 Å². The van der Waals surface area contributed by atoms with E-state index in [2.05, 4.69) is 15.6 Å². The standard InChI is InChI=1S/C15H20F3N3.HI/c1-14(2,10-21-13-19-8-3-9-20-13)11-4-6-12(7-5-11)15(16,17)18;/h4-7H,3,8-10H2,1-2H3,(H2,19,20,21);1H. The van der Waals surface area contributed by atoms with Crippen LogP contribution in [0.15, 0.2) is 29.3 Å². The molecule has 0 saturated heterocycles. The van der Waals surface area contributed by atoms with Gasteiger partial charge in [0.15, 0.2) is 5.96 Å². The number of benzene rings is 1. The van der Waals surface area contributed by atoms with Gasteiger partial charge in [-0.3, -0.25) is 4.99 Å². The van der Waals surface area contributed by atoms with Crippen LogP contribution in [0.25, 0.3) is 0 Å². The van der Waals surface area contributed by atoms with E-state index in [9.17, 15) is 13.2 Å². The number of halogens is 4. The van der Waals surface area contributed by atoms with Gasteiger partial charge in [0.05, 0.1) is 5.56 Å². The molecular weight excluding hydrogens is 406 g/mol. The lowest BCUT2D eigenvalue weighted by molar-refractivity contribution is -0.137. The zero-order valence-electron chi connectivity index (χ0n) is 12.6. The van der Waals surface area contributed by atoms with E-state index in [1.807, 2.05) is 13.8 Å². The molecule has 0 atom stereocenters. The molecule has 1 aromatic rings. The van der Waals surface area contributed by atoms with Gasteiger partial charge in [0.1, 0.15) is 0 Å². The highest BCUT2D eigenvalue weighted by atomic mass is 127. The third kappa shape index (κ3) is 5.03. The Morgan fingerprint density at radius 3 is 2.23 bits per heavy atom. The van der Waals surface area contributed by atoms with Crippen molar-refractivity contribution in [2.24, 2.45) is 4.99 Å². The molecule has 0 saturated carbocycles. The number of nitrogens with one attached hydrogen (secondary N) is 2. The second kappa shape index (κ2) is 7.52. The lowest BCUT2D eigenvalue weighted by Crippen LogP contribution is -2.45. The summed E-state index contributed by atoms with van der Waals surface area (Å²) in [5.74, 6) is 0.765. The Balaban J connectivity index is 0.00000242. The molecule has 0 fully saturated rings. The van der Waals surface area contributed by atoms with E-state index in [0.717, 1.165) is 43.2 Å². The fourth-order valence-electron chi connectivity index (χ4n) is 2.17. The zero-order chi connectivity index (χ0) is 15.5. The van der Waals surface area contributed by atoms with E-state index >= 15 is 0 Å². The van der Waals surface area contributed by atoms with Crippen molar-refractivity contribution in [2.75, 3.05) is 19.6 Å². The predicted octanol–water partition coefficient (Wildman–Crippen LogP) is 3.54. The summed E-state index contributed by atoms with van der Waals surface area (Å²) in [6.45, 7) is 6.28. The molecule has 0 amide bonds. The smallest absolute Gasteiger partial charge is 0.356 e. The maximum atomic E-state index is 12.6. The van der Waals surface area contributed by atoms with Gasteiger partial charge in [-0.2, -0.15) is 13.2 Å². The summed E-state index contributed by atoms with van der Waals surface area (Å²) in [7, 11) is 0. The molecule has 22 heavy (non-hydrogen) atoms. The Morgan fingerprint density at radius 1 is 1.14 bits per heavy atom. The minimum Gasteiger partial charge on any atom is -0.356 e.